The lowest BCUT2D eigenvalue weighted by atomic mass is 9.92. The maximum atomic E-state index is 11.2. The predicted octanol–water partition coefficient (Wildman–Crippen LogP) is 13.4. The molecule has 1 nitrogen and oxygen atoms in total. The minimum Gasteiger partial charge on any atom is -0.382 e. The third kappa shape index (κ3) is 65.1. The number of methoxy groups -OCH3 is 1. The molecule has 4 atom stereocenters. The van der Waals surface area contributed by atoms with Gasteiger partial charge in [-0.3, -0.25) is 4.39 Å². The van der Waals surface area contributed by atoms with Gasteiger partial charge < -0.3 is 4.74 Å². The van der Waals surface area contributed by atoms with Crippen molar-refractivity contribution in [3.63, 3.8) is 0 Å². The molecule has 4 unspecified atom stereocenters. The first-order chi connectivity index (χ1) is 17.7. The molecule has 0 spiro atoms. The van der Waals surface area contributed by atoms with Gasteiger partial charge >= 0.3 is 0 Å². The molecule has 0 saturated heterocycles. The first-order valence-electron chi connectivity index (χ1n) is 15.9. The zero-order chi connectivity index (χ0) is 31.5. The molecule has 0 amide bonds. The molecule has 0 aromatic carbocycles. The minimum absolute atomic E-state index is 0.0660. The first-order valence-corrected chi connectivity index (χ1v) is 15.9. The molecule has 0 aliphatic heterocycles. The third-order valence-corrected chi connectivity index (χ3v) is 6.57. The number of rotatable bonds is 14. The van der Waals surface area contributed by atoms with E-state index in [0.29, 0.717) is 19.7 Å². The fourth-order valence-corrected chi connectivity index (χ4v) is 3.24. The molecule has 0 fully saturated rings. The lowest BCUT2D eigenvalue weighted by Gasteiger charge is -2.14. The number of hydrogen-bond donors (Lipinski definition) is 0. The summed E-state index contributed by atoms with van der Waals surface area (Å²) in [6.45, 7) is 31.2. The summed E-state index contributed by atoms with van der Waals surface area (Å²) >= 11 is 0. The van der Waals surface area contributed by atoms with Crippen LogP contribution in [-0.2, 0) is 4.74 Å². The molecule has 0 aromatic rings. The van der Waals surface area contributed by atoms with E-state index >= 15 is 0 Å². The Morgan fingerprint density at radius 2 is 0.974 bits per heavy atom. The largest absolute Gasteiger partial charge is 0.382 e. The number of alkyl halides is 3. The van der Waals surface area contributed by atoms with Crippen LogP contribution in [0.2, 0.25) is 0 Å². The summed E-state index contributed by atoms with van der Waals surface area (Å²) in [6, 6.07) is 0. The van der Waals surface area contributed by atoms with E-state index in [0.717, 1.165) is 36.0 Å². The van der Waals surface area contributed by atoms with E-state index in [-0.39, 0.29) is 6.42 Å². The van der Waals surface area contributed by atoms with E-state index in [1.165, 1.54) is 51.4 Å². The second-order valence-electron chi connectivity index (χ2n) is 11.5. The Bertz CT molecular complexity index is 341. The van der Waals surface area contributed by atoms with Gasteiger partial charge in [-0.05, 0) is 55.8 Å². The van der Waals surface area contributed by atoms with Gasteiger partial charge in [0.2, 0.25) is 6.43 Å². The average molecular weight is 559 g/mol. The highest BCUT2D eigenvalue weighted by Gasteiger charge is 2.05. The molecule has 0 aliphatic rings. The van der Waals surface area contributed by atoms with Crippen LogP contribution in [0.1, 0.15) is 168 Å². The average Bonchev–Trinajstić information content (AvgIpc) is 2.88. The molecule has 0 radical (unpaired) electrons. The second kappa shape index (κ2) is 43.8. The zero-order valence-electron chi connectivity index (χ0n) is 29.4. The van der Waals surface area contributed by atoms with Crippen molar-refractivity contribution < 1.29 is 17.9 Å². The number of halogens is 3. The fraction of sp³-hybridized carbons (Fsp3) is 1.00. The number of ether oxygens (including phenoxy) is 1. The molecule has 0 rings (SSSR count). The van der Waals surface area contributed by atoms with Crippen molar-refractivity contribution in [2.45, 2.75) is 180 Å². The summed E-state index contributed by atoms with van der Waals surface area (Å²) in [7, 11) is 2.25. The van der Waals surface area contributed by atoms with Gasteiger partial charge in [0.05, 0.1) is 13.3 Å². The molecule has 0 bridgehead atoms. The molecule has 240 valence electrons. The maximum Gasteiger partial charge on any atom is 0.238 e. The Labute approximate surface area is 241 Å². The van der Waals surface area contributed by atoms with E-state index in [4.69, 9.17) is 4.74 Å². The summed E-state index contributed by atoms with van der Waals surface area (Å²) in [5.74, 6) is 4.54. The Hall–Kier alpha value is -0.250. The normalized spacial score (nSPS) is 13.1. The van der Waals surface area contributed by atoms with Crippen LogP contribution in [0.3, 0.4) is 0 Å². The highest BCUT2D eigenvalue weighted by Crippen LogP contribution is 2.16. The number of hydrogen-bond acceptors (Lipinski definition) is 1. The molecule has 0 N–H and O–H groups in total. The highest BCUT2D eigenvalue weighted by molar-refractivity contribution is 4.56. The molecule has 0 heterocycles. The van der Waals surface area contributed by atoms with E-state index < -0.39 is 6.43 Å². The van der Waals surface area contributed by atoms with Crippen molar-refractivity contribution in [2.75, 3.05) is 14.3 Å². The highest BCUT2D eigenvalue weighted by atomic mass is 19.3. The van der Waals surface area contributed by atoms with Gasteiger partial charge in [0, 0.05) is 13.5 Å². The zero-order valence-corrected chi connectivity index (χ0v) is 29.4. The Morgan fingerprint density at radius 1 is 0.553 bits per heavy atom. The van der Waals surface area contributed by atoms with Gasteiger partial charge in [-0.1, -0.05) is 135 Å². The molecule has 0 aliphatic carbocycles. The van der Waals surface area contributed by atoms with Gasteiger partial charge in [0.15, 0.2) is 0 Å². The summed E-state index contributed by atoms with van der Waals surface area (Å²) in [5, 5.41) is 0. The predicted molar refractivity (Wildman–Crippen MR) is 172 cm³/mol. The van der Waals surface area contributed by atoms with Crippen molar-refractivity contribution in [3.8, 4) is 0 Å². The standard InChI is InChI=1S/2C8H18.C6H14O.C6H14.C5H10F2.CH3F/c1-5-8(4)6-7(2)3;1-5-7(3)8(4)6-2;1-4-5-6(2)7-3;1-4-5-6(2)3;1-2-3-4-5(6)7;1-2/h2*7-8H,5-6H2,1-4H3;6H,4-5H2,1-3H3;6H,4-5H2,1-3H3;5H,2-4H2,1H3;1H3. The smallest absolute Gasteiger partial charge is 0.238 e. The SMILES string of the molecule is CCC(C)C(C)CC.CCC(C)CC(C)C.CCCC(C)C.CCCC(C)OC.CCCCC(F)F.CF. The summed E-state index contributed by atoms with van der Waals surface area (Å²) < 4.78 is 36.9. The monoisotopic (exact) mass is 559 g/mol. The topological polar surface area (TPSA) is 9.23 Å². The van der Waals surface area contributed by atoms with Gasteiger partial charge in [-0.2, -0.15) is 0 Å². The molecule has 0 saturated carbocycles. The minimum atomic E-state index is -2.10. The molecule has 38 heavy (non-hydrogen) atoms. The fourth-order valence-electron chi connectivity index (χ4n) is 3.24. The van der Waals surface area contributed by atoms with E-state index in [2.05, 4.69) is 90.0 Å². The Morgan fingerprint density at radius 3 is 1.08 bits per heavy atom. The molecular weight excluding hydrogens is 481 g/mol. The quantitative estimate of drug-likeness (QED) is 0.206. The van der Waals surface area contributed by atoms with Crippen LogP contribution in [0.25, 0.3) is 0 Å². The van der Waals surface area contributed by atoms with Crippen LogP contribution in [-0.4, -0.2) is 26.8 Å². The van der Waals surface area contributed by atoms with Crippen molar-refractivity contribution >= 4 is 0 Å². The van der Waals surface area contributed by atoms with Crippen LogP contribution in [0.15, 0.2) is 0 Å². The lowest BCUT2D eigenvalue weighted by Crippen LogP contribution is -2.04. The van der Waals surface area contributed by atoms with Crippen molar-refractivity contribution in [3.05, 3.63) is 0 Å². The lowest BCUT2D eigenvalue weighted by molar-refractivity contribution is 0.110. The summed E-state index contributed by atoms with van der Waals surface area (Å²) in [5.41, 5.74) is 0. The van der Waals surface area contributed by atoms with Crippen LogP contribution < -0.4 is 0 Å². The summed E-state index contributed by atoms with van der Waals surface area (Å²) in [6.07, 6.45) is 10.4. The van der Waals surface area contributed by atoms with Crippen LogP contribution in [0, 0.1) is 29.6 Å². The Kier molecular flexibility index (Phi) is 58.3. The van der Waals surface area contributed by atoms with Crippen molar-refractivity contribution in [1.29, 1.82) is 0 Å². The van der Waals surface area contributed by atoms with Gasteiger partial charge in [0.25, 0.3) is 0 Å². The number of unbranched alkanes of at least 4 members (excludes halogenated alkanes) is 1. The van der Waals surface area contributed by atoms with Crippen molar-refractivity contribution in [1.82, 2.24) is 0 Å². The Balaban J connectivity index is -0.0000000830. The molecular formula is C34H77F3O. The first kappa shape index (κ1) is 50.6. The van der Waals surface area contributed by atoms with Gasteiger partial charge in [-0.25, -0.2) is 8.78 Å². The van der Waals surface area contributed by atoms with Crippen LogP contribution in [0.5, 0.6) is 0 Å². The third-order valence-electron chi connectivity index (χ3n) is 6.57. The second-order valence-corrected chi connectivity index (χ2v) is 11.5. The van der Waals surface area contributed by atoms with E-state index in [1.54, 1.807) is 7.11 Å². The maximum absolute atomic E-state index is 11.2. The van der Waals surface area contributed by atoms with E-state index in [1.807, 2.05) is 6.92 Å². The van der Waals surface area contributed by atoms with Gasteiger partial charge in [-0.15, -0.1) is 0 Å². The molecule has 4 heteroatoms. The van der Waals surface area contributed by atoms with Gasteiger partial charge in [0.1, 0.15) is 0 Å². The molecule has 0 aromatic heterocycles. The van der Waals surface area contributed by atoms with E-state index in [9.17, 15) is 13.2 Å². The van der Waals surface area contributed by atoms with Crippen LogP contribution in [0.4, 0.5) is 13.2 Å². The van der Waals surface area contributed by atoms with Crippen molar-refractivity contribution in [2.24, 2.45) is 29.6 Å². The summed E-state index contributed by atoms with van der Waals surface area (Å²) in [4.78, 5) is 0. The van der Waals surface area contributed by atoms with Crippen LogP contribution >= 0.6 is 0 Å².